The number of ether oxygens (including phenoxy) is 2. The number of hydrazone groups is 1. The molecule has 0 saturated carbocycles. The second kappa shape index (κ2) is 10.5. The predicted molar refractivity (Wildman–Crippen MR) is 124 cm³/mol. The zero-order valence-electron chi connectivity index (χ0n) is 17.4. The number of amides is 1. The molecule has 3 aromatic carbocycles. The van der Waals surface area contributed by atoms with Gasteiger partial charge in [0.25, 0.3) is 11.1 Å². The maximum atomic E-state index is 12.2. The van der Waals surface area contributed by atoms with Crippen molar-refractivity contribution in [3.63, 3.8) is 0 Å². The van der Waals surface area contributed by atoms with Crippen molar-refractivity contribution in [2.45, 2.75) is 11.8 Å². The number of aromatic nitrogens is 1. The van der Waals surface area contributed by atoms with Crippen LogP contribution in [0.25, 0.3) is 11.1 Å². The van der Waals surface area contributed by atoms with Crippen LogP contribution in [0.4, 0.5) is 0 Å². The molecule has 0 aliphatic carbocycles. The first-order chi connectivity index (χ1) is 15.7. The summed E-state index contributed by atoms with van der Waals surface area (Å²) in [5.74, 6) is 0.989. The van der Waals surface area contributed by atoms with Crippen molar-refractivity contribution >= 4 is 35.0 Å². The number of hydrogen-bond acceptors (Lipinski definition) is 7. The van der Waals surface area contributed by atoms with Gasteiger partial charge in [0, 0.05) is 5.56 Å². The minimum absolute atomic E-state index is 0.125. The van der Waals surface area contributed by atoms with Crippen LogP contribution in [0.15, 0.2) is 87.5 Å². The Morgan fingerprint density at radius 3 is 2.72 bits per heavy atom. The number of nitrogens with one attached hydrogen (secondary N) is 1. The van der Waals surface area contributed by atoms with Gasteiger partial charge in [0.1, 0.15) is 12.1 Å². The molecule has 1 aromatic heterocycles. The van der Waals surface area contributed by atoms with E-state index in [1.807, 2.05) is 72.8 Å². The SMILES string of the molecule is COc1cccc(/C=N\NC(=O)CSc2nc3ccccc3o2)c1OCc1ccccc1. The maximum Gasteiger partial charge on any atom is 0.257 e. The molecule has 8 heteroatoms. The van der Waals surface area contributed by atoms with Crippen LogP contribution in [0.3, 0.4) is 0 Å². The number of thioether (sulfide) groups is 1. The van der Waals surface area contributed by atoms with Crippen molar-refractivity contribution < 1.29 is 18.7 Å². The van der Waals surface area contributed by atoms with Crippen LogP contribution in [-0.4, -0.2) is 30.0 Å². The summed E-state index contributed by atoms with van der Waals surface area (Å²) in [6.45, 7) is 0.384. The van der Waals surface area contributed by atoms with E-state index >= 15 is 0 Å². The molecule has 4 aromatic rings. The molecule has 0 radical (unpaired) electrons. The van der Waals surface area contributed by atoms with Crippen LogP contribution in [-0.2, 0) is 11.4 Å². The highest BCUT2D eigenvalue weighted by atomic mass is 32.2. The Morgan fingerprint density at radius 2 is 1.91 bits per heavy atom. The van der Waals surface area contributed by atoms with Gasteiger partial charge in [-0.3, -0.25) is 4.79 Å². The van der Waals surface area contributed by atoms with E-state index in [2.05, 4.69) is 15.5 Å². The van der Waals surface area contributed by atoms with E-state index in [9.17, 15) is 4.79 Å². The molecule has 0 saturated heterocycles. The Morgan fingerprint density at radius 1 is 1.09 bits per heavy atom. The number of nitrogens with zero attached hydrogens (tertiary/aromatic N) is 2. The number of carbonyl (C=O) groups excluding carboxylic acids is 1. The third-order valence-corrected chi connectivity index (χ3v) is 5.28. The zero-order chi connectivity index (χ0) is 22.2. The topological polar surface area (TPSA) is 86.0 Å². The smallest absolute Gasteiger partial charge is 0.257 e. The van der Waals surface area contributed by atoms with E-state index in [4.69, 9.17) is 13.9 Å². The molecule has 0 atom stereocenters. The van der Waals surface area contributed by atoms with Gasteiger partial charge >= 0.3 is 0 Å². The van der Waals surface area contributed by atoms with Gasteiger partial charge in [-0.15, -0.1) is 0 Å². The summed E-state index contributed by atoms with van der Waals surface area (Å²) in [5.41, 5.74) is 5.69. The highest BCUT2D eigenvalue weighted by Gasteiger charge is 2.11. The predicted octanol–water partition coefficient (Wildman–Crippen LogP) is 4.66. The van der Waals surface area contributed by atoms with Crippen LogP contribution >= 0.6 is 11.8 Å². The van der Waals surface area contributed by atoms with E-state index < -0.39 is 0 Å². The molecule has 32 heavy (non-hydrogen) atoms. The number of benzene rings is 3. The normalized spacial score (nSPS) is 11.0. The number of carbonyl (C=O) groups is 1. The lowest BCUT2D eigenvalue weighted by atomic mass is 10.2. The Balaban J connectivity index is 1.36. The van der Waals surface area contributed by atoms with Crippen LogP contribution in [0, 0.1) is 0 Å². The summed E-state index contributed by atoms with van der Waals surface area (Å²) in [6, 6.07) is 22.8. The Bertz CT molecular complexity index is 1190. The molecule has 1 amide bonds. The minimum atomic E-state index is -0.275. The molecular weight excluding hydrogens is 426 g/mol. The molecule has 1 heterocycles. The molecular formula is C24H21N3O4S. The number of oxazole rings is 1. The van der Waals surface area contributed by atoms with Crippen molar-refractivity contribution in [1.29, 1.82) is 0 Å². The third-order valence-electron chi connectivity index (χ3n) is 4.45. The van der Waals surface area contributed by atoms with E-state index in [-0.39, 0.29) is 11.7 Å². The summed E-state index contributed by atoms with van der Waals surface area (Å²) >= 11 is 1.21. The van der Waals surface area contributed by atoms with Gasteiger partial charge in [0.05, 0.1) is 19.1 Å². The van der Waals surface area contributed by atoms with Crippen molar-refractivity contribution in [3.8, 4) is 11.5 Å². The number of para-hydroxylation sites is 3. The van der Waals surface area contributed by atoms with Gasteiger partial charge < -0.3 is 13.9 Å². The van der Waals surface area contributed by atoms with E-state index in [0.29, 0.717) is 34.5 Å². The lowest BCUT2D eigenvalue weighted by molar-refractivity contribution is -0.118. The van der Waals surface area contributed by atoms with Gasteiger partial charge in [0.15, 0.2) is 17.1 Å². The quantitative estimate of drug-likeness (QED) is 0.228. The average molecular weight is 448 g/mol. The average Bonchev–Trinajstić information content (AvgIpc) is 3.25. The second-order valence-electron chi connectivity index (χ2n) is 6.68. The van der Waals surface area contributed by atoms with Crippen molar-refractivity contribution in [3.05, 3.63) is 83.9 Å². The largest absolute Gasteiger partial charge is 0.493 e. The lowest BCUT2D eigenvalue weighted by Gasteiger charge is -2.13. The third kappa shape index (κ3) is 5.47. The maximum absolute atomic E-state index is 12.2. The molecule has 0 fully saturated rings. The van der Waals surface area contributed by atoms with Gasteiger partial charge in [-0.25, -0.2) is 10.4 Å². The number of hydrogen-bond donors (Lipinski definition) is 1. The van der Waals surface area contributed by atoms with Crippen LogP contribution in [0.5, 0.6) is 11.5 Å². The van der Waals surface area contributed by atoms with E-state index in [1.165, 1.54) is 18.0 Å². The fourth-order valence-corrected chi connectivity index (χ4v) is 3.56. The number of rotatable bonds is 9. The Labute approximate surface area is 189 Å². The first kappa shape index (κ1) is 21.5. The summed E-state index contributed by atoms with van der Waals surface area (Å²) < 4.78 is 17.0. The summed E-state index contributed by atoms with van der Waals surface area (Å²) in [5, 5.41) is 4.50. The molecule has 0 aliphatic rings. The van der Waals surface area contributed by atoms with Crippen molar-refractivity contribution in [2.24, 2.45) is 5.10 Å². The fraction of sp³-hybridized carbons (Fsp3) is 0.125. The molecule has 7 nitrogen and oxygen atoms in total. The van der Waals surface area contributed by atoms with Crippen LogP contribution in [0.1, 0.15) is 11.1 Å². The second-order valence-corrected chi connectivity index (χ2v) is 7.61. The number of fused-ring (bicyclic) bond motifs is 1. The first-order valence-electron chi connectivity index (χ1n) is 9.87. The van der Waals surface area contributed by atoms with Crippen molar-refractivity contribution in [2.75, 3.05) is 12.9 Å². The van der Waals surface area contributed by atoms with Crippen LogP contribution in [0.2, 0.25) is 0 Å². The minimum Gasteiger partial charge on any atom is -0.493 e. The number of methoxy groups -OCH3 is 1. The summed E-state index contributed by atoms with van der Waals surface area (Å²) in [7, 11) is 1.58. The van der Waals surface area contributed by atoms with Crippen LogP contribution < -0.4 is 14.9 Å². The van der Waals surface area contributed by atoms with Gasteiger partial charge in [-0.2, -0.15) is 5.10 Å². The van der Waals surface area contributed by atoms with Gasteiger partial charge in [-0.05, 0) is 29.8 Å². The Kier molecular flexibility index (Phi) is 7.04. The molecule has 1 N–H and O–H groups in total. The fourth-order valence-electron chi connectivity index (χ4n) is 2.93. The monoisotopic (exact) mass is 447 g/mol. The summed E-state index contributed by atoms with van der Waals surface area (Å²) in [6.07, 6.45) is 1.53. The molecule has 0 spiro atoms. The molecule has 0 aliphatic heterocycles. The van der Waals surface area contributed by atoms with Gasteiger partial charge in [0.2, 0.25) is 0 Å². The van der Waals surface area contributed by atoms with E-state index in [0.717, 1.165) is 11.1 Å². The molecule has 4 rings (SSSR count). The molecule has 0 unspecified atom stereocenters. The lowest BCUT2D eigenvalue weighted by Crippen LogP contribution is -2.19. The van der Waals surface area contributed by atoms with Gasteiger partial charge in [-0.1, -0.05) is 60.3 Å². The zero-order valence-corrected chi connectivity index (χ0v) is 18.2. The van der Waals surface area contributed by atoms with Crippen molar-refractivity contribution in [1.82, 2.24) is 10.4 Å². The molecule has 162 valence electrons. The highest BCUT2D eigenvalue weighted by molar-refractivity contribution is 7.99. The highest BCUT2D eigenvalue weighted by Crippen LogP contribution is 2.31. The first-order valence-corrected chi connectivity index (χ1v) is 10.9. The van der Waals surface area contributed by atoms with E-state index in [1.54, 1.807) is 7.11 Å². The molecule has 0 bridgehead atoms. The summed E-state index contributed by atoms with van der Waals surface area (Å²) in [4.78, 5) is 16.5. The Hall–Kier alpha value is -3.78. The standard InChI is InChI=1S/C24H21N3O4S/c1-29-21-13-7-10-18(23(21)30-15-17-8-3-2-4-9-17)14-25-27-22(28)16-32-24-26-19-11-5-6-12-20(19)31-24/h2-14H,15-16H2,1H3,(H,27,28)/b25-14-.